The monoisotopic (exact) mass is 384 g/mol. The van der Waals surface area contributed by atoms with Gasteiger partial charge in [0.05, 0.1) is 17.3 Å². The zero-order valence-electron chi connectivity index (χ0n) is 13.0. The number of anilines is 1. The van der Waals surface area contributed by atoms with Crippen LogP contribution in [0.5, 0.6) is 0 Å². The minimum absolute atomic E-state index is 0.129. The van der Waals surface area contributed by atoms with Gasteiger partial charge in [-0.25, -0.2) is 0 Å². The third kappa shape index (κ3) is 3.83. The highest BCUT2D eigenvalue weighted by atomic mass is 35.5. The third-order valence-electron chi connectivity index (χ3n) is 4.23. The van der Waals surface area contributed by atoms with Crippen molar-refractivity contribution < 1.29 is 14.8 Å². The molecule has 1 fully saturated rings. The standard InChI is InChI=1S/C15H18BClN2O3S2/c1-9(20)19-6-4-11(5-7-19)24-15(23)18-12-3-2-10-8-22-16(21)13(10)14(12)17/h2-3,11,20-21H,1,4-8H2,(H,18,23). The lowest BCUT2D eigenvalue weighted by atomic mass is 9.79. The number of halogens is 1. The van der Waals surface area contributed by atoms with E-state index in [1.165, 1.54) is 0 Å². The van der Waals surface area contributed by atoms with Crippen LogP contribution in [0.2, 0.25) is 5.02 Å². The summed E-state index contributed by atoms with van der Waals surface area (Å²) >= 11 is 13.4. The number of fused-ring (bicyclic) bond motifs is 1. The number of benzene rings is 1. The zero-order chi connectivity index (χ0) is 17.3. The lowest BCUT2D eigenvalue weighted by Gasteiger charge is -2.32. The molecule has 5 nitrogen and oxygen atoms in total. The molecule has 3 rings (SSSR count). The molecule has 0 atom stereocenters. The third-order valence-corrected chi connectivity index (χ3v) is 6.15. The van der Waals surface area contributed by atoms with Crippen LogP contribution in [0.15, 0.2) is 24.6 Å². The lowest BCUT2D eigenvalue weighted by Crippen LogP contribution is -2.34. The smallest absolute Gasteiger partial charge is 0.493 e. The number of thiocarbonyl (C=S) groups is 1. The molecule has 2 aliphatic rings. The van der Waals surface area contributed by atoms with Crippen LogP contribution in [0.4, 0.5) is 5.69 Å². The molecule has 0 aliphatic carbocycles. The van der Waals surface area contributed by atoms with Gasteiger partial charge < -0.3 is 25.0 Å². The largest absolute Gasteiger partial charge is 0.495 e. The van der Waals surface area contributed by atoms with E-state index in [9.17, 15) is 10.1 Å². The van der Waals surface area contributed by atoms with Crippen molar-refractivity contribution in [3.8, 4) is 0 Å². The van der Waals surface area contributed by atoms with Crippen LogP contribution in [-0.2, 0) is 11.3 Å². The van der Waals surface area contributed by atoms with Gasteiger partial charge in [-0.05, 0) is 31.1 Å². The second-order valence-electron chi connectivity index (χ2n) is 5.80. The fourth-order valence-electron chi connectivity index (χ4n) is 2.90. The molecule has 0 amide bonds. The van der Waals surface area contributed by atoms with Crippen molar-refractivity contribution in [2.45, 2.75) is 24.7 Å². The molecule has 0 aromatic heterocycles. The van der Waals surface area contributed by atoms with E-state index in [2.05, 4.69) is 11.9 Å². The molecular formula is C15H18BClN2O3S2. The van der Waals surface area contributed by atoms with Gasteiger partial charge in [-0.1, -0.05) is 41.6 Å². The SMILES string of the molecule is C=C(O)N1CCC(SC(=S)Nc2ccc3c(c2Cl)B(O)OC3)CC1. The number of thioether (sulfide) groups is 1. The predicted octanol–water partition coefficient (Wildman–Crippen LogP) is 2.48. The predicted molar refractivity (Wildman–Crippen MR) is 104 cm³/mol. The maximum Gasteiger partial charge on any atom is 0.493 e. The highest BCUT2D eigenvalue weighted by Gasteiger charge is 2.31. The summed E-state index contributed by atoms with van der Waals surface area (Å²) in [6.45, 7) is 5.47. The average Bonchev–Trinajstić information content (AvgIpc) is 2.92. The molecule has 1 aromatic carbocycles. The summed E-state index contributed by atoms with van der Waals surface area (Å²) in [6, 6.07) is 3.74. The Kier molecular flexibility index (Phi) is 5.61. The summed E-state index contributed by atoms with van der Waals surface area (Å²) in [7, 11) is -0.980. The number of likely N-dealkylation sites (tertiary alicyclic amines) is 1. The van der Waals surface area contributed by atoms with Crippen LogP contribution >= 0.6 is 35.6 Å². The molecule has 0 saturated carbocycles. The van der Waals surface area contributed by atoms with Gasteiger partial charge in [0, 0.05) is 23.8 Å². The van der Waals surface area contributed by atoms with Gasteiger partial charge in [0.25, 0.3) is 0 Å². The Morgan fingerprint density at radius 3 is 2.83 bits per heavy atom. The van der Waals surface area contributed by atoms with E-state index in [1.54, 1.807) is 11.8 Å². The summed E-state index contributed by atoms with van der Waals surface area (Å²) in [5.74, 6) is 0.129. The quantitative estimate of drug-likeness (QED) is 0.420. The van der Waals surface area contributed by atoms with Crippen molar-refractivity contribution >= 4 is 58.2 Å². The van der Waals surface area contributed by atoms with Gasteiger partial charge in [0.1, 0.15) is 4.32 Å². The summed E-state index contributed by atoms with van der Waals surface area (Å²) in [4.78, 5) is 1.87. The first-order chi connectivity index (χ1) is 11.5. The minimum atomic E-state index is -0.980. The molecule has 2 aliphatic heterocycles. The highest BCUT2D eigenvalue weighted by molar-refractivity contribution is 8.23. The number of aliphatic hydroxyl groups excluding tert-OH is 1. The maximum absolute atomic E-state index is 9.85. The Bertz CT molecular complexity index is 668. The van der Waals surface area contributed by atoms with E-state index in [1.807, 2.05) is 17.0 Å². The maximum atomic E-state index is 9.85. The number of hydrogen-bond donors (Lipinski definition) is 3. The Balaban J connectivity index is 1.58. The molecule has 1 aromatic rings. The van der Waals surface area contributed by atoms with Crippen LogP contribution in [0.3, 0.4) is 0 Å². The first-order valence-electron chi connectivity index (χ1n) is 7.67. The van der Waals surface area contributed by atoms with Crippen LogP contribution in [-0.4, -0.2) is 44.8 Å². The van der Waals surface area contributed by atoms with Crippen molar-refractivity contribution in [1.29, 1.82) is 0 Å². The van der Waals surface area contributed by atoms with Crippen molar-refractivity contribution in [2.75, 3.05) is 18.4 Å². The van der Waals surface area contributed by atoms with E-state index in [0.717, 1.165) is 31.5 Å². The van der Waals surface area contributed by atoms with Gasteiger partial charge in [-0.3, -0.25) is 0 Å². The Morgan fingerprint density at radius 1 is 1.46 bits per heavy atom. The van der Waals surface area contributed by atoms with Crippen molar-refractivity contribution in [2.24, 2.45) is 0 Å². The number of rotatable bonds is 3. The Labute approximate surface area is 156 Å². The average molecular weight is 385 g/mol. The van der Waals surface area contributed by atoms with Crippen molar-refractivity contribution in [3.63, 3.8) is 0 Å². The summed E-state index contributed by atoms with van der Waals surface area (Å²) < 4.78 is 5.83. The highest BCUT2D eigenvalue weighted by Crippen LogP contribution is 2.29. The van der Waals surface area contributed by atoms with Crippen molar-refractivity contribution in [1.82, 2.24) is 4.90 Å². The van der Waals surface area contributed by atoms with Gasteiger partial charge in [0.2, 0.25) is 0 Å². The first kappa shape index (κ1) is 17.9. The van der Waals surface area contributed by atoms with E-state index in [4.69, 9.17) is 28.5 Å². The second-order valence-corrected chi connectivity index (χ2v) is 8.15. The molecule has 2 heterocycles. The second kappa shape index (κ2) is 7.53. The number of nitrogens with zero attached hydrogens (tertiary/aromatic N) is 1. The summed E-state index contributed by atoms with van der Waals surface area (Å²) in [6.07, 6.45) is 1.85. The van der Waals surface area contributed by atoms with E-state index < -0.39 is 7.12 Å². The van der Waals surface area contributed by atoms with E-state index >= 15 is 0 Å². The summed E-state index contributed by atoms with van der Waals surface area (Å²) in [5, 5.41) is 23.3. The molecule has 0 bridgehead atoms. The minimum Gasteiger partial charge on any atom is -0.495 e. The van der Waals surface area contributed by atoms with Gasteiger partial charge in [0.15, 0.2) is 5.88 Å². The number of hydrogen-bond acceptors (Lipinski definition) is 6. The molecule has 3 N–H and O–H groups in total. The lowest BCUT2D eigenvalue weighted by molar-refractivity contribution is 0.179. The fourth-order valence-corrected chi connectivity index (χ4v) is 4.66. The Morgan fingerprint density at radius 2 is 2.17 bits per heavy atom. The van der Waals surface area contributed by atoms with Gasteiger partial charge >= 0.3 is 7.12 Å². The fraction of sp³-hybridized carbons (Fsp3) is 0.400. The van der Waals surface area contributed by atoms with Crippen LogP contribution in [0.1, 0.15) is 18.4 Å². The first-order valence-corrected chi connectivity index (χ1v) is 9.33. The molecular weight excluding hydrogens is 367 g/mol. The van der Waals surface area contributed by atoms with E-state index in [-0.39, 0.29) is 5.88 Å². The normalized spacial score (nSPS) is 17.8. The van der Waals surface area contributed by atoms with Crippen molar-refractivity contribution in [3.05, 3.63) is 35.2 Å². The molecule has 0 unspecified atom stereocenters. The van der Waals surface area contributed by atoms with Crippen LogP contribution in [0.25, 0.3) is 0 Å². The Hall–Kier alpha value is -0.925. The number of nitrogens with one attached hydrogen (secondary N) is 1. The molecule has 9 heteroatoms. The molecule has 1 saturated heterocycles. The molecule has 128 valence electrons. The number of piperidine rings is 1. The van der Waals surface area contributed by atoms with Gasteiger partial charge in [-0.15, -0.1) is 0 Å². The zero-order valence-corrected chi connectivity index (χ0v) is 15.4. The molecule has 0 radical (unpaired) electrons. The number of aliphatic hydroxyl groups is 1. The van der Waals surface area contributed by atoms with E-state index in [0.29, 0.717) is 32.4 Å². The summed E-state index contributed by atoms with van der Waals surface area (Å²) in [5.41, 5.74) is 2.19. The van der Waals surface area contributed by atoms with Gasteiger partial charge in [-0.2, -0.15) is 0 Å². The molecule has 24 heavy (non-hydrogen) atoms. The van der Waals surface area contributed by atoms with Crippen LogP contribution < -0.4 is 10.8 Å². The van der Waals surface area contributed by atoms with Crippen LogP contribution in [0, 0.1) is 0 Å². The topological polar surface area (TPSA) is 65.0 Å². The molecule has 0 spiro atoms.